The van der Waals surface area contributed by atoms with E-state index < -0.39 is 49.3 Å². The second-order valence-corrected chi connectivity index (χ2v) is 6.74. The summed E-state index contributed by atoms with van der Waals surface area (Å²) in [6.07, 6.45) is -1.76. The van der Waals surface area contributed by atoms with Crippen LogP contribution in [0.5, 0.6) is 0 Å². The van der Waals surface area contributed by atoms with Crippen LogP contribution in [0.25, 0.3) is 0 Å². The first kappa shape index (κ1) is 30.9. The van der Waals surface area contributed by atoms with E-state index in [4.69, 9.17) is 29.2 Å². The zero-order valence-corrected chi connectivity index (χ0v) is 19.0. The first-order valence-corrected chi connectivity index (χ1v) is 9.36. The molecular weight excluding hydrogens is 424 g/mol. The Morgan fingerprint density at radius 3 is 1.03 bits per heavy atom. The SMILES string of the molecule is C=C(C)C(=O)OCC(CO)OC(=O)C(=C)C.C=C(C)C(=O)OCC(CO)OC(=O)C(=C)C. The molecule has 0 rings (SSSR count). The highest BCUT2D eigenvalue weighted by Gasteiger charge is 2.17. The Labute approximate surface area is 187 Å². The Morgan fingerprint density at radius 1 is 0.594 bits per heavy atom. The van der Waals surface area contributed by atoms with Gasteiger partial charge in [-0.25, -0.2) is 19.2 Å². The van der Waals surface area contributed by atoms with Crippen LogP contribution in [0.4, 0.5) is 0 Å². The third-order valence-corrected chi connectivity index (χ3v) is 3.15. The van der Waals surface area contributed by atoms with Crippen molar-refractivity contribution in [3.05, 3.63) is 48.6 Å². The molecule has 2 unspecified atom stereocenters. The van der Waals surface area contributed by atoms with Crippen molar-refractivity contribution in [2.45, 2.75) is 39.9 Å². The number of aliphatic hydroxyl groups is 2. The van der Waals surface area contributed by atoms with Gasteiger partial charge in [-0.2, -0.15) is 0 Å². The molecule has 0 saturated carbocycles. The molecule has 10 nitrogen and oxygen atoms in total. The predicted octanol–water partition coefficient (Wildman–Crippen LogP) is 1.17. The normalized spacial score (nSPS) is 11.4. The lowest BCUT2D eigenvalue weighted by Crippen LogP contribution is -2.28. The van der Waals surface area contributed by atoms with E-state index in [-0.39, 0.29) is 35.5 Å². The molecule has 0 bridgehead atoms. The first-order valence-electron chi connectivity index (χ1n) is 9.36. The maximum atomic E-state index is 11.1. The van der Waals surface area contributed by atoms with Gasteiger partial charge in [0.1, 0.15) is 13.2 Å². The summed E-state index contributed by atoms with van der Waals surface area (Å²) in [5, 5.41) is 17.8. The fourth-order valence-corrected chi connectivity index (χ4v) is 1.34. The zero-order valence-electron chi connectivity index (χ0n) is 19.0. The Kier molecular flexibility index (Phi) is 15.9. The van der Waals surface area contributed by atoms with Crippen LogP contribution in [-0.2, 0) is 38.1 Å². The van der Waals surface area contributed by atoms with Crippen LogP contribution in [0.1, 0.15) is 27.7 Å². The van der Waals surface area contributed by atoms with Crippen LogP contribution in [0.3, 0.4) is 0 Å². The molecule has 0 aromatic rings. The fourth-order valence-electron chi connectivity index (χ4n) is 1.34. The van der Waals surface area contributed by atoms with Crippen molar-refractivity contribution in [2.24, 2.45) is 0 Å². The molecule has 0 aromatic carbocycles. The molecule has 0 aliphatic rings. The van der Waals surface area contributed by atoms with Gasteiger partial charge in [-0.3, -0.25) is 0 Å². The number of carbonyl (C=O) groups is 4. The molecule has 180 valence electrons. The summed E-state index contributed by atoms with van der Waals surface area (Å²) in [6, 6.07) is 0. The van der Waals surface area contributed by atoms with Crippen molar-refractivity contribution in [2.75, 3.05) is 26.4 Å². The molecule has 0 heterocycles. The number of ether oxygens (including phenoxy) is 4. The predicted molar refractivity (Wildman–Crippen MR) is 115 cm³/mol. The molecule has 0 aliphatic heterocycles. The Morgan fingerprint density at radius 2 is 0.844 bits per heavy atom. The smallest absolute Gasteiger partial charge is 0.333 e. The van der Waals surface area contributed by atoms with Crippen molar-refractivity contribution < 1.29 is 48.3 Å². The van der Waals surface area contributed by atoms with E-state index in [9.17, 15) is 19.2 Å². The molecule has 0 fully saturated rings. The lowest BCUT2D eigenvalue weighted by molar-refractivity contribution is -0.156. The van der Waals surface area contributed by atoms with Crippen LogP contribution in [0.2, 0.25) is 0 Å². The van der Waals surface area contributed by atoms with Crippen LogP contribution < -0.4 is 0 Å². The number of hydrogen-bond acceptors (Lipinski definition) is 10. The van der Waals surface area contributed by atoms with Gasteiger partial charge in [0, 0.05) is 22.3 Å². The molecule has 0 saturated heterocycles. The molecule has 0 aromatic heterocycles. The minimum atomic E-state index is -0.882. The van der Waals surface area contributed by atoms with Gasteiger partial charge < -0.3 is 29.2 Å². The lowest BCUT2D eigenvalue weighted by atomic mass is 10.3. The van der Waals surface area contributed by atoms with Gasteiger partial charge in [0.25, 0.3) is 0 Å². The summed E-state index contributed by atoms with van der Waals surface area (Å²) in [6.45, 7) is 18.2. The summed E-state index contributed by atoms with van der Waals surface area (Å²) in [4.78, 5) is 44.2. The molecule has 32 heavy (non-hydrogen) atoms. The van der Waals surface area contributed by atoms with Gasteiger partial charge in [0.2, 0.25) is 0 Å². The fraction of sp³-hybridized carbons (Fsp3) is 0.455. The van der Waals surface area contributed by atoms with Crippen LogP contribution in [0.15, 0.2) is 48.6 Å². The van der Waals surface area contributed by atoms with E-state index in [2.05, 4.69) is 26.3 Å². The molecule has 2 N–H and O–H groups in total. The van der Waals surface area contributed by atoms with Gasteiger partial charge in [-0.15, -0.1) is 0 Å². The topological polar surface area (TPSA) is 146 Å². The lowest BCUT2D eigenvalue weighted by Gasteiger charge is -2.15. The number of carbonyl (C=O) groups excluding carboxylic acids is 4. The largest absolute Gasteiger partial charge is 0.458 e. The maximum absolute atomic E-state index is 11.1. The third kappa shape index (κ3) is 14.7. The third-order valence-electron chi connectivity index (χ3n) is 3.15. The highest BCUT2D eigenvalue weighted by Crippen LogP contribution is 2.02. The van der Waals surface area contributed by atoms with Crippen molar-refractivity contribution in [1.29, 1.82) is 0 Å². The van der Waals surface area contributed by atoms with Gasteiger partial charge in [0.15, 0.2) is 12.2 Å². The Hall–Kier alpha value is -3.24. The summed E-state index contributed by atoms with van der Waals surface area (Å²) < 4.78 is 19.1. The molecule has 0 aliphatic carbocycles. The van der Waals surface area contributed by atoms with Crippen molar-refractivity contribution in [3.8, 4) is 0 Å². The molecule has 0 amide bonds. The number of rotatable bonds is 12. The second kappa shape index (κ2) is 16.5. The Bertz CT molecular complexity index is 673. The van der Waals surface area contributed by atoms with Gasteiger partial charge in [-0.1, -0.05) is 26.3 Å². The second-order valence-electron chi connectivity index (χ2n) is 6.74. The van der Waals surface area contributed by atoms with Crippen LogP contribution in [0, 0.1) is 0 Å². The zero-order chi connectivity index (χ0) is 25.4. The van der Waals surface area contributed by atoms with Crippen molar-refractivity contribution >= 4 is 23.9 Å². The van der Waals surface area contributed by atoms with Crippen LogP contribution >= 0.6 is 0 Å². The van der Waals surface area contributed by atoms with Crippen molar-refractivity contribution in [1.82, 2.24) is 0 Å². The van der Waals surface area contributed by atoms with E-state index >= 15 is 0 Å². The molecule has 0 radical (unpaired) electrons. The minimum absolute atomic E-state index is 0.207. The highest BCUT2D eigenvalue weighted by atomic mass is 16.6. The molecule has 2 atom stereocenters. The minimum Gasteiger partial charge on any atom is -0.458 e. The van der Waals surface area contributed by atoms with Gasteiger partial charge >= 0.3 is 23.9 Å². The number of aliphatic hydroxyl groups excluding tert-OH is 2. The number of esters is 4. The van der Waals surface area contributed by atoms with Crippen LogP contribution in [-0.4, -0.2) is 72.7 Å². The Balaban J connectivity index is 0. The summed E-state index contributed by atoms with van der Waals surface area (Å²) >= 11 is 0. The quantitative estimate of drug-likeness (QED) is 0.249. The standard InChI is InChI=1S/2C11H16O5/c2*1-7(2)10(13)15-6-9(5-12)16-11(14)8(3)4/h2*9,12H,1,3,5-6H2,2,4H3. The van der Waals surface area contributed by atoms with E-state index in [1.807, 2.05) is 0 Å². The van der Waals surface area contributed by atoms with Crippen molar-refractivity contribution in [3.63, 3.8) is 0 Å². The van der Waals surface area contributed by atoms with E-state index in [1.54, 1.807) is 0 Å². The number of hydrogen-bond donors (Lipinski definition) is 2. The molecular formula is C22H32O10. The average molecular weight is 456 g/mol. The average Bonchev–Trinajstić information content (AvgIpc) is 2.72. The van der Waals surface area contributed by atoms with E-state index in [0.717, 1.165) is 0 Å². The maximum Gasteiger partial charge on any atom is 0.333 e. The highest BCUT2D eigenvalue weighted by molar-refractivity contribution is 5.88. The monoisotopic (exact) mass is 456 g/mol. The molecule has 0 spiro atoms. The van der Waals surface area contributed by atoms with Gasteiger partial charge in [0.05, 0.1) is 13.2 Å². The summed E-state index contributed by atoms with van der Waals surface area (Å²) in [7, 11) is 0. The first-order chi connectivity index (χ1) is 14.8. The summed E-state index contributed by atoms with van der Waals surface area (Å²) in [5.74, 6) is -2.45. The van der Waals surface area contributed by atoms with E-state index in [0.29, 0.717) is 0 Å². The molecule has 10 heteroatoms. The van der Waals surface area contributed by atoms with E-state index in [1.165, 1.54) is 27.7 Å². The summed E-state index contributed by atoms with van der Waals surface area (Å²) in [5.41, 5.74) is 0.903. The van der Waals surface area contributed by atoms with Gasteiger partial charge in [-0.05, 0) is 27.7 Å².